The zero-order valence-electron chi connectivity index (χ0n) is 18.3. The average molecular weight is 442 g/mol. The first-order valence-corrected chi connectivity index (χ1v) is 11.8. The van der Waals surface area contributed by atoms with E-state index in [9.17, 15) is 9.90 Å². The molecule has 2 heterocycles. The second-order valence-electron chi connectivity index (χ2n) is 8.62. The molecule has 2 aromatic heterocycles. The number of fused-ring (bicyclic) bond motifs is 3. The van der Waals surface area contributed by atoms with Crippen molar-refractivity contribution in [3.8, 4) is 0 Å². The summed E-state index contributed by atoms with van der Waals surface area (Å²) in [5.41, 5.74) is 2.27. The molecule has 0 amide bonds. The summed E-state index contributed by atoms with van der Waals surface area (Å²) in [6.45, 7) is 4.43. The number of hydrogen-bond acceptors (Lipinski definition) is 6. The van der Waals surface area contributed by atoms with E-state index in [0.29, 0.717) is 44.4 Å². The molecule has 6 nitrogen and oxygen atoms in total. The lowest BCUT2D eigenvalue weighted by atomic mass is 9.89. The van der Waals surface area contributed by atoms with Gasteiger partial charge in [0, 0.05) is 25.1 Å². The second kappa shape index (κ2) is 10.0. The third-order valence-electron chi connectivity index (χ3n) is 5.98. The van der Waals surface area contributed by atoms with Gasteiger partial charge in [-0.2, -0.15) is 0 Å². The molecule has 0 saturated carbocycles. The van der Waals surface area contributed by atoms with Gasteiger partial charge in [-0.25, -0.2) is 4.98 Å². The minimum Gasteiger partial charge on any atom is -0.391 e. The van der Waals surface area contributed by atoms with Crippen molar-refractivity contribution in [3.05, 3.63) is 62.5 Å². The van der Waals surface area contributed by atoms with Crippen LogP contribution in [0.3, 0.4) is 0 Å². The first kappa shape index (κ1) is 22.1. The monoisotopic (exact) mass is 441 g/mol. The number of thiophene rings is 1. The van der Waals surface area contributed by atoms with Crippen molar-refractivity contribution in [2.24, 2.45) is 5.92 Å². The molecule has 4 rings (SSSR count). The van der Waals surface area contributed by atoms with Gasteiger partial charge in [-0.3, -0.25) is 9.69 Å². The van der Waals surface area contributed by atoms with Crippen molar-refractivity contribution in [1.82, 2.24) is 14.9 Å². The molecule has 2 N–H and O–H groups in total. The summed E-state index contributed by atoms with van der Waals surface area (Å²) < 4.78 is 5.26. The first-order valence-electron chi connectivity index (χ1n) is 11.0. The minimum atomic E-state index is -0.509. The van der Waals surface area contributed by atoms with Gasteiger partial charge in [0.15, 0.2) is 0 Å². The maximum absolute atomic E-state index is 12.9. The normalized spacial score (nSPS) is 17.2. The Kier molecular flexibility index (Phi) is 7.17. The number of rotatable bonds is 9. The van der Waals surface area contributed by atoms with E-state index in [2.05, 4.69) is 16.8 Å². The summed E-state index contributed by atoms with van der Waals surface area (Å²) >= 11 is 1.67. The molecule has 31 heavy (non-hydrogen) atoms. The van der Waals surface area contributed by atoms with E-state index in [4.69, 9.17) is 9.72 Å². The van der Waals surface area contributed by atoms with Crippen LogP contribution in [0.2, 0.25) is 0 Å². The zero-order chi connectivity index (χ0) is 21.8. The Morgan fingerprint density at radius 2 is 2.16 bits per heavy atom. The first-order chi connectivity index (χ1) is 15.0. The quantitative estimate of drug-likeness (QED) is 0.533. The highest BCUT2D eigenvalue weighted by Crippen LogP contribution is 2.35. The van der Waals surface area contributed by atoms with Crippen molar-refractivity contribution in [2.45, 2.75) is 45.3 Å². The topological polar surface area (TPSA) is 78.5 Å². The molecular weight excluding hydrogens is 410 g/mol. The van der Waals surface area contributed by atoms with Crippen LogP contribution in [0.15, 0.2) is 35.1 Å². The molecule has 0 fully saturated rings. The fraction of sp³-hybridized carbons (Fsp3) is 0.500. The van der Waals surface area contributed by atoms with E-state index in [1.807, 2.05) is 30.3 Å². The standard InChI is InChI=1S/C24H31N3O3S/c1-16-8-9-19-20(12-16)31-24-22(19)23(29)25-21(26-24)15-27(10-11-30-2)14-18(28)13-17-6-4-3-5-7-17/h3-7,16,18,28H,8-15H2,1-2H3,(H,25,26,29)/t16-,18+/m1/s1. The zero-order valence-corrected chi connectivity index (χ0v) is 19.1. The molecular formula is C24H31N3O3S. The highest BCUT2D eigenvalue weighted by Gasteiger charge is 2.23. The van der Waals surface area contributed by atoms with Crippen molar-refractivity contribution in [3.63, 3.8) is 0 Å². The number of aliphatic hydroxyl groups excluding tert-OH is 1. The number of H-pyrrole nitrogens is 1. The maximum Gasteiger partial charge on any atom is 0.259 e. The summed E-state index contributed by atoms with van der Waals surface area (Å²) in [6, 6.07) is 9.98. The molecule has 1 aromatic carbocycles. The Balaban J connectivity index is 1.51. The number of methoxy groups -OCH3 is 1. The Morgan fingerprint density at radius 3 is 2.94 bits per heavy atom. The molecule has 1 aliphatic carbocycles. The van der Waals surface area contributed by atoms with Gasteiger partial charge in [-0.15, -0.1) is 11.3 Å². The lowest BCUT2D eigenvalue weighted by Crippen LogP contribution is -2.36. The highest BCUT2D eigenvalue weighted by atomic mass is 32.1. The smallest absolute Gasteiger partial charge is 0.259 e. The van der Waals surface area contributed by atoms with E-state index in [0.717, 1.165) is 35.0 Å². The number of ether oxygens (including phenoxy) is 1. The van der Waals surface area contributed by atoms with E-state index >= 15 is 0 Å². The molecule has 0 spiro atoms. The number of hydrogen-bond donors (Lipinski definition) is 2. The summed E-state index contributed by atoms with van der Waals surface area (Å²) in [4.78, 5) is 25.0. The number of aliphatic hydroxyl groups is 1. The van der Waals surface area contributed by atoms with Crippen LogP contribution in [0.1, 0.15) is 35.2 Å². The number of nitrogens with one attached hydrogen (secondary N) is 1. The average Bonchev–Trinajstić information content (AvgIpc) is 3.10. The molecule has 2 atom stereocenters. The van der Waals surface area contributed by atoms with Gasteiger partial charge in [0.25, 0.3) is 5.56 Å². The van der Waals surface area contributed by atoms with Crippen LogP contribution in [0, 0.1) is 5.92 Å². The maximum atomic E-state index is 12.9. The van der Waals surface area contributed by atoms with Gasteiger partial charge in [0.05, 0.1) is 24.6 Å². The van der Waals surface area contributed by atoms with Crippen LogP contribution >= 0.6 is 11.3 Å². The molecule has 0 radical (unpaired) electrons. The van der Waals surface area contributed by atoms with E-state index in [-0.39, 0.29) is 5.56 Å². The predicted octanol–water partition coefficient (Wildman–Crippen LogP) is 3.16. The number of aromatic amines is 1. The predicted molar refractivity (Wildman–Crippen MR) is 125 cm³/mol. The van der Waals surface area contributed by atoms with Crippen LogP contribution in [0.25, 0.3) is 10.2 Å². The summed E-state index contributed by atoms with van der Waals surface area (Å²) in [5, 5.41) is 11.4. The molecule has 0 bridgehead atoms. The Bertz CT molecular complexity index is 1060. The minimum absolute atomic E-state index is 0.0384. The lowest BCUT2D eigenvalue weighted by molar-refractivity contribution is 0.0837. The summed E-state index contributed by atoms with van der Waals surface area (Å²) in [6.07, 6.45) is 3.21. The third kappa shape index (κ3) is 5.41. The summed E-state index contributed by atoms with van der Waals surface area (Å²) in [5.74, 6) is 1.31. The van der Waals surface area contributed by atoms with E-state index in [1.54, 1.807) is 18.4 Å². The number of aromatic nitrogens is 2. The molecule has 3 aromatic rings. The molecule has 0 unspecified atom stereocenters. The van der Waals surface area contributed by atoms with Crippen molar-refractivity contribution >= 4 is 21.6 Å². The Hall–Kier alpha value is -2.06. The number of aryl methyl sites for hydroxylation is 1. The molecule has 1 aliphatic rings. The fourth-order valence-corrected chi connectivity index (χ4v) is 5.79. The van der Waals surface area contributed by atoms with Crippen LogP contribution in [0.5, 0.6) is 0 Å². The molecule has 0 aliphatic heterocycles. The van der Waals surface area contributed by atoms with Crippen molar-refractivity contribution < 1.29 is 9.84 Å². The Morgan fingerprint density at radius 1 is 1.35 bits per heavy atom. The van der Waals surface area contributed by atoms with Gasteiger partial charge in [0.2, 0.25) is 0 Å². The lowest BCUT2D eigenvalue weighted by Gasteiger charge is -2.24. The van der Waals surface area contributed by atoms with Gasteiger partial charge >= 0.3 is 0 Å². The van der Waals surface area contributed by atoms with Gasteiger partial charge in [-0.1, -0.05) is 37.3 Å². The highest BCUT2D eigenvalue weighted by molar-refractivity contribution is 7.18. The van der Waals surface area contributed by atoms with Crippen molar-refractivity contribution in [1.29, 1.82) is 0 Å². The molecule has 0 saturated heterocycles. The molecule has 7 heteroatoms. The van der Waals surface area contributed by atoms with Gasteiger partial charge in [-0.05, 0) is 42.7 Å². The van der Waals surface area contributed by atoms with Gasteiger partial charge < -0.3 is 14.8 Å². The van der Waals surface area contributed by atoms with Crippen LogP contribution in [-0.2, 0) is 30.5 Å². The van der Waals surface area contributed by atoms with E-state index < -0.39 is 6.10 Å². The second-order valence-corrected chi connectivity index (χ2v) is 9.70. The molecule has 166 valence electrons. The van der Waals surface area contributed by atoms with Crippen LogP contribution in [-0.4, -0.2) is 52.9 Å². The number of benzene rings is 1. The Labute approximate surface area is 186 Å². The fourth-order valence-electron chi connectivity index (χ4n) is 4.38. The summed E-state index contributed by atoms with van der Waals surface area (Å²) in [7, 11) is 1.67. The van der Waals surface area contributed by atoms with E-state index in [1.165, 1.54) is 10.4 Å². The number of nitrogens with zero attached hydrogens (tertiary/aromatic N) is 2. The van der Waals surface area contributed by atoms with Crippen LogP contribution in [0.4, 0.5) is 0 Å². The third-order valence-corrected chi connectivity index (χ3v) is 7.13. The van der Waals surface area contributed by atoms with Gasteiger partial charge in [0.1, 0.15) is 10.7 Å². The van der Waals surface area contributed by atoms with Crippen LogP contribution < -0.4 is 5.56 Å². The SMILES string of the molecule is COCCN(Cc1nc2sc3c(c2c(=O)[nH]1)CC[C@@H](C)C3)C[C@@H](O)Cc1ccccc1. The largest absolute Gasteiger partial charge is 0.391 e. The van der Waals surface area contributed by atoms with Crippen molar-refractivity contribution in [2.75, 3.05) is 26.8 Å².